The van der Waals surface area contributed by atoms with Gasteiger partial charge in [-0.25, -0.2) is 0 Å². The first-order valence-electron chi connectivity index (χ1n) is 10.0. The largest absolute Gasteiger partial charge is 0.507 e. The molecule has 2 aromatic rings. The van der Waals surface area contributed by atoms with Crippen LogP contribution in [0.2, 0.25) is 5.02 Å². The summed E-state index contributed by atoms with van der Waals surface area (Å²) in [7, 11) is 0. The summed E-state index contributed by atoms with van der Waals surface area (Å²) >= 11 is 5.96. The van der Waals surface area contributed by atoms with Crippen LogP contribution in [0.4, 0.5) is 5.69 Å². The molecule has 0 aromatic heterocycles. The van der Waals surface area contributed by atoms with E-state index in [0.29, 0.717) is 0 Å². The van der Waals surface area contributed by atoms with Crippen LogP contribution < -0.4 is 9.80 Å². The van der Waals surface area contributed by atoms with E-state index in [4.69, 9.17) is 11.6 Å². The van der Waals surface area contributed by atoms with E-state index in [1.165, 1.54) is 5.56 Å². The molecule has 0 atom stereocenters. The Morgan fingerprint density at radius 3 is 2.39 bits per heavy atom. The predicted octanol–water partition coefficient (Wildman–Crippen LogP) is 2.63. The Morgan fingerprint density at radius 1 is 1.11 bits per heavy atom. The molecule has 1 heterocycles. The lowest BCUT2D eigenvalue weighted by molar-refractivity contribution is -0.918. The van der Waals surface area contributed by atoms with Crippen molar-refractivity contribution in [2.45, 2.75) is 20.4 Å². The van der Waals surface area contributed by atoms with Crippen LogP contribution in [0.3, 0.4) is 0 Å². The van der Waals surface area contributed by atoms with Crippen LogP contribution in [0.15, 0.2) is 47.6 Å². The number of nitrogens with zero attached hydrogens (tertiary/aromatic N) is 3. The van der Waals surface area contributed by atoms with Crippen LogP contribution in [-0.2, 0) is 6.54 Å². The molecule has 1 saturated heterocycles. The number of hydrazone groups is 1. The third kappa shape index (κ3) is 5.40. The summed E-state index contributed by atoms with van der Waals surface area (Å²) in [4.78, 5) is 3.77. The molecule has 28 heavy (non-hydrogen) atoms. The zero-order valence-electron chi connectivity index (χ0n) is 16.7. The van der Waals surface area contributed by atoms with Gasteiger partial charge in [0.25, 0.3) is 0 Å². The van der Waals surface area contributed by atoms with Crippen LogP contribution in [0.5, 0.6) is 5.75 Å². The van der Waals surface area contributed by atoms with Gasteiger partial charge in [0.1, 0.15) is 12.3 Å². The van der Waals surface area contributed by atoms with Crippen molar-refractivity contribution in [2.24, 2.45) is 5.10 Å². The zero-order valence-corrected chi connectivity index (χ0v) is 17.5. The number of rotatable bonds is 7. The predicted molar refractivity (Wildman–Crippen MR) is 117 cm³/mol. The second-order valence-corrected chi connectivity index (χ2v) is 7.60. The molecule has 2 aromatic carbocycles. The molecular formula is C22H30ClN4O+. The Balaban J connectivity index is 1.52. The number of aromatic hydroxyl groups is 1. The monoisotopic (exact) mass is 401 g/mol. The summed E-state index contributed by atoms with van der Waals surface area (Å²) < 4.78 is 0. The second kappa shape index (κ2) is 9.80. The number of benzene rings is 2. The molecule has 0 spiro atoms. The standard InChI is InChI=1S/C22H29ClN4O/c1-3-26(4-2)21-10-7-19(22(28)15-21)16-24-27-13-11-25(12-14-27)17-18-5-8-20(23)9-6-18/h5-10,15-16,28H,3-4,11-14,17H2,1-2H3/p+1/b24-16+. The van der Waals surface area contributed by atoms with E-state index < -0.39 is 0 Å². The fourth-order valence-corrected chi connectivity index (χ4v) is 3.69. The highest BCUT2D eigenvalue weighted by atomic mass is 35.5. The first kappa shape index (κ1) is 20.5. The maximum atomic E-state index is 10.3. The lowest BCUT2D eigenvalue weighted by Gasteiger charge is -2.30. The van der Waals surface area contributed by atoms with E-state index >= 15 is 0 Å². The molecule has 0 saturated carbocycles. The van der Waals surface area contributed by atoms with Crippen LogP contribution in [0, 0.1) is 0 Å². The molecule has 2 N–H and O–H groups in total. The Bertz CT molecular complexity index is 782. The van der Waals surface area contributed by atoms with E-state index in [1.807, 2.05) is 30.3 Å². The topological polar surface area (TPSA) is 43.5 Å². The van der Waals surface area contributed by atoms with Gasteiger partial charge in [0.2, 0.25) is 0 Å². The molecule has 0 aliphatic carbocycles. The lowest BCUT2D eigenvalue weighted by Crippen LogP contribution is -3.13. The fraction of sp³-hybridized carbons (Fsp3) is 0.409. The lowest BCUT2D eigenvalue weighted by atomic mass is 10.2. The first-order chi connectivity index (χ1) is 13.6. The van der Waals surface area contributed by atoms with Gasteiger partial charge >= 0.3 is 0 Å². The molecule has 0 radical (unpaired) electrons. The van der Waals surface area contributed by atoms with Crippen LogP contribution in [-0.4, -0.2) is 55.6 Å². The highest BCUT2D eigenvalue weighted by Crippen LogP contribution is 2.23. The Kier molecular flexibility index (Phi) is 7.18. The molecule has 0 bridgehead atoms. The van der Waals surface area contributed by atoms with E-state index in [0.717, 1.165) is 62.1 Å². The summed E-state index contributed by atoms with van der Waals surface area (Å²) in [6.45, 7) is 11.0. The Hall–Kier alpha value is -2.24. The average Bonchev–Trinajstić information content (AvgIpc) is 2.71. The number of anilines is 1. The Morgan fingerprint density at radius 2 is 1.79 bits per heavy atom. The van der Waals surface area contributed by atoms with Crippen molar-refractivity contribution >= 4 is 23.5 Å². The van der Waals surface area contributed by atoms with Gasteiger partial charge in [0, 0.05) is 41.0 Å². The van der Waals surface area contributed by atoms with Crippen molar-refractivity contribution in [3.63, 3.8) is 0 Å². The average molecular weight is 402 g/mol. The molecule has 0 unspecified atom stereocenters. The van der Waals surface area contributed by atoms with Crippen LogP contribution >= 0.6 is 11.6 Å². The van der Waals surface area contributed by atoms with Gasteiger partial charge in [-0.2, -0.15) is 5.10 Å². The third-order valence-corrected chi connectivity index (χ3v) is 5.57. The van der Waals surface area contributed by atoms with Gasteiger partial charge in [-0.3, -0.25) is 5.01 Å². The number of quaternary nitrogens is 1. The normalized spacial score (nSPS) is 15.3. The van der Waals surface area contributed by atoms with Crippen molar-refractivity contribution in [1.82, 2.24) is 5.01 Å². The molecule has 6 heteroatoms. The summed E-state index contributed by atoms with van der Waals surface area (Å²) in [5.41, 5.74) is 3.11. The molecule has 1 aliphatic heterocycles. The molecule has 1 fully saturated rings. The van der Waals surface area contributed by atoms with Crippen LogP contribution in [0.1, 0.15) is 25.0 Å². The Labute approximate surface area is 172 Å². The van der Waals surface area contributed by atoms with E-state index in [1.54, 1.807) is 11.1 Å². The highest BCUT2D eigenvalue weighted by molar-refractivity contribution is 6.30. The van der Waals surface area contributed by atoms with Crippen molar-refractivity contribution < 1.29 is 10.0 Å². The van der Waals surface area contributed by atoms with Crippen molar-refractivity contribution in [2.75, 3.05) is 44.2 Å². The minimum Gasteiger partial charge on any atom is -0.507 e. The van der Waals surface area contributed by atoms with Crippen LogP contribution in [0.25, 0.3) is 0 Å². The summed E-state index contributed by atoms with van der Waals surface area (Å²) in [6.07, 6.45) is 1.77. The molecule has 0 amide bonds. The number of nitrogens with one attached hydrogen (secondary N) is 1. The van der Waals surface area contributed by atoms with Gasteiger partial charge in [-0.05, 0) is 38.1 Å². The van der Waals surface area contributed by atoms with E-state index in [-0.39, 0.29) is 5.75 Å². The van der Waals surface area contributed by atoms with E-state index in [9.17, 15) is 5.11 Å². The van der Waals surface area contributed by atoms with Gasteiger partial charge in [0.15, 0.2) is 0 Å². The quantitative estimate of drug-likeness (QED) is 0.701. The van der Waals surface area contributed by atoms with Gasteiger partial charge in [-0.15, -0.1) is 0 Å². The van der Waals surface area contributed by atoms with Crippen molar-refractivity contribution in [3.8, 4) is 5.75 Å². The summed E-state index contributed by atoms with van der Waals surface area (Å²) in [6, 6.07) is 13.9. The maximum Gasteiger partial charge on any atom is 0.126 e. The number of phenols is 1. The number of halogens is 1. The molecule has 5 nitrogen and oxygen atoms in total. The first-order valence-corrected chi connectivity index (χ1v) is 10.4. The number of piperazine rings is 1. The minimum atomic E-state index is 0.278. The zero-order chi connectivity index (χ0) is 19.9. The van der Waals surface area contributed by atoms with E-state index in [2.05, 4.69) is 41.0 Å². The van der Waals surface area contributed by atoms with Crippen molar-refractivity contribution in [1.29, 1.82) is 0 Å². The van der Waals surface area contributed by atoms with Gasteiger partial charge in [0.05, 0.1) is 32.4 Å². The SMILES string of the molecule is CCN(CC)c1ccc(/C=N/N2CC[NH+](Cc3ccc(Cl)cc3)CC2)c(O)c1. The maximum absolute atomic E-state index is 10.3. The number of hydrogen-bond donors (Lipinski definition) is 2. The second-order valence-electron chi connectivity index (χ2n) is 7.17. The molecular weight excluding hydrogens is 372 g/mol. The number of phenolic OH excluding ortho intramolecular Hbond substituents is 1. The number of hydrogen-bond acceptors (Lipinski definition) is 4. The molecule has 150 valence electrons. The fourth-order valence-electron chi connectivity index (χ4n) is 3.56. The third-order valence-electron chi connectivity index (χ3n) is 5.32. The van der Waals surface area contributed by atoms with Gasteiger partial charge in [-0.1, -0.05) is 23.7 Å². The summed E-state index contributed by atoms with van der Waals surface area (Å²) in [5, 5.41) is 17.8. The molecule has 1 aliphatic rings. The highest BCUT2D eigenvalue weighted by Gasteiger charge is 2.18. The smallest absolute Gasteiger partial charge is 0.126 e. The van der Waals surface area contributed by atoms with Gasteiger partial charge < -0.3 is 14.9 Å². The summed E-state index contributed by atoms with van der Waals surface area (Å²) in [5.74, 6) is 0.278. The minimum absolute atomic E-state index is 0.278. The molecule has 3 rings (SSSR count). The van der Waals surface area contributed by atoms with Crippen molar-refractivity contribution in [3.05, 3.63) is 58.6 Å².